The van der Waals surface area contributed by atoms with E-state index in [0.29, 0.717) is 13.0 Å². The molecule has 1 rings (SSSR count). The molecule has 1 heterocycles. The summed E-state index contributed by atoms with van der Waals surface area (Å²) in [5.41, 5.74) is 7.29. The summed E-state index contributed by atoms with van der Waals surface area (Å²) in [6.07, 6.45) is 4.24. The molecule has 1 aliphatic heterocycles. The van der Waals surface area contributed by atoms with Crippen molar-refractivity contribution in [3.05, 3.63) is 17.9 Å². The summed E-state index contributed by atoms with van der Waals surface area (Å²) in [5.74, 6) is 0.162. The van der Waals surface area contributed by atoms with Crippen molar-refractivity contribution in [2.45, 2.75) is 71.1 Å². The monoisotopic (exact) mass is 568 g/mol. The third-order valence-electron chi connectivity index (χ3n) is 4.83. The van der Waals surface area contributed by atoms with Crippen LogP contribution in [0.4, 0.5) is 0 Å². The molecule has 1 aliphatic rings. The SMILES string of the molecule is C/C=C\[C@@H]1C[C@H](C(C)=O)N(C)[C@H]1C([NH-])C(C)(O)COC(C)OCC.[Ac]. The number of carbonyl (C=O) groups excluding carboxylic acids is 1. The van der Waals surface area contributed by atoms with Gasteiger partial charge in [0.2, 0.25) is 0 Å². The van der Waals surface area contributed by atoms with Crippen molar-refractivity contribution >= 4 is 5.78 Å². The zero-order chi connectivity index (χ0) is 18.5. The van der Waals surface area contributed by atoms with E-state index >= 15 is 0 Å². The number of nitrogens with one attached hydrogen (secondary N) is 1. The predicted octanol–water partition coefficient (Wildman–Crippen LogP) is 2.41. The molecule has 0 aromatic carbocycles. The molecule has 6 nitrogen and oxygen atoms in total. The second kappa shape index (κ2) is 11.5. The second-order valence-corrected chi connectivity index (χ2v) is 6.88. The fourth-order valence-corrected chi connectivity index (χ4v) is 3.47. The van der Waals surface area contributed by atoms with Crippen LogP contribution in [-0.4, -0.2) is 66.1 Å². The van der Waals surface area contributed by atoms with Gasteiger partial charge in [-0.05, 0) is 54.0 Å². The van der Waals surface area contributed by atoms with Gasteiger partial charge in [0.15, 0.2) is 6.29 Å². The van der Waals surface area contributed by atoms with Crippen LogP contribution in [0.3, 0.4) is 0 Å². The van der Waals surface area contributed by atoms with Gasteiger partial charge in [0, 0.05) is 56.7 Å². The molecule has 0 amide bonds. The second-order valence-electron chi connectivity index (χ2n) is 6.88. The Balaban J connectivity index is 0.00000576. The fraction of sp³-hybridized carbons (Fsp3) is 0.833. The van der Waals surface area contributed by atoms with E-state index in [0.717, 1.165) is 0 Å². The van der Waals surface area contributed by atoms with E-state index in [1.807, 2.05) is 37.9 Å². The minimum atomic E-state index is -1.34. The molecule has 1 fully saturated rings. The molecule has 0 saturated carbocycles. The van der Waals surface area contributed by atoms with Crippen molar-refractivity contribution in [1.29, 1.82) is 0 Å². The molecule has 25 heavy (non-hydrogen) atoms. The first-order valence-corrected chi connectivity index (χ1v) is 8.67. The zero-order valence-electron chi connectivity index (χ0n) is 16.4. The van der Waals surface area contributed by atoms with Crippen LogP contribution in [0.25, 0.3) is 5.73 Å². The molecule has 1 saturated heterocycles. The number of likely N-dealkylation sites (N-methyl/N-ethyl adjacent to an activating group) is 1. The van der Waals surface area contributed by atoms with Crippen molar-refractivity contribution in [3.63, 3.8) is 0 Å². The van der Waals surface area contributed by atoms with Crippen LogP contribution in [0.1, 0.15) is 41.0 Å². The molecule has 143 valence electrons. The summed E-state index contributed by atoms with van der Waals surface area (Å²) in [7, 11) is 1.86. The van der Waals surface area contributed by atoms with Gasteiger partial charge in [0.25, 0.3) is 0 Å². The van der Waals surface area contributed by atoms with Gasteiger partial charge in [0.05, 0.1) is 18.2 Å². The standard InChI is InChI=1S/C18H33N2O4.Ac/c1-7-9-14-10-15(12(3)21)20(6)16(14)17(19)18(5,22)11-24-13(4)23-8-2;/h7,9,13-17,19,22H,8,10-11H2,1-6H3;/q-1;/b9-7-;/t13?,14-,15-,16-,17?,18?;/m1./s1. The summed E-state index contributed by atoms with van der Waals surface area (Å²) in [4.78, 5) is 13.8. The molecule has 3 unspecified atom stereocenters. The largest absolute Gasteiger partial charge is 0.671 e. The molecule has 6 atom stereocenters. The number of hydrogen-bond donors (Lipinski definition) is 1. The number of allylic oxidation sites excluding steroid dienone is 1. The van der Waals surface area contributed by atoms with Gasteiger partial charge < -0.3 is 20.3 Å². The Bertz CT molecular complexity index is 445. The topological polar surface area (TPSA) is 82.8 Å². The number of Topliss-reactive ketones (excluding diaryl/α,β-unsaturated/α-hetero) is 1. The summed E-state index contributed by atoms with van der Waals surface area (Å²) in [5, 5.41) is 10.8. The van der Waals surface area contributed by atoms with E-state index in [9.17, 15) is 9.90 Å². The summed E-state index contributed by atoms with van der Waals surface area (Å²) in [6, 6.07) is -1.25. The minimum absolute atomic E-state index is 0. The molecular weight excluding hydrogens is 535 g/mol. The average Bonchev–Trinajstić information content (AvgIpc) is 2.82. The number of carbonyl (C=O) groups is 1. The molecule has 0 bridgehead atoms. The fourth-order valence-electron chi connectivity index (χ4n) is 3.47. The van der Waals surface area contributed by atoms with Crippen LogP contribution in [0.15, 0.2) is 12.2 Å². The van der Waals surface area contributed by atoms with Crippen LogP contribution in [-0.2, 0) is 14.3 Å². The van der Waals surface area contributed by atoms with Gasteiger partial charge in [-0.2, -0.15) is 0 Å². The summed E-state index contributed by atoms with van der Waals surface area (Å²) >= 11 is 0. The van der Waals surface area contributed by atoms with Crippen LogP contribution in [0.5, 0.6) is 0 Å². The third-order valence-corrected chi connectivity index (χ3v) is 4.83. The molecule has 2 N–H and O–H groups in total. The van der Waals surface area contributed by atoms with Gasteiger partial charge in [0.1, 0.15) is 5.78 Å². The number of nitrogens with zero attached hydrogens (tertiary/aromatic N) is 1. The van der Waals surface area contributed by atoms with Crippen LogP contribution in [0, 0.1) is 50.0 Å². The van der Waals surface area contributed by atoms with E-state index < -0.39 is 17.9 Å². The van der Waals surface area contributed by atoms with Gasteiger partial charge in [-0.1, -0.05) is 18.2 Å². The van der Waals surface area contributed by atoms with Gasteiger partial charge in [-0.15, -0.1) is 0 Å². The average molecular weight is 568 g/mol. The van der Waals surface area contributed by atoms with Crippen LogP contribution in [0.2, 0.25) is 0 Å². The number of rotatable bonds is 9. The molecule has 0 aliphatic carbocycles. The maximum atomic E-state index is 11.9. The molecule has 1 radical (unpaired) electrons. The van der Waals surface area contributed by atoms with E-state index in [1.54, 1.807) is 20.8 Å². The Morgan fingerprint density at radius 3 is 2.56 bits per heavy atom. The predicted molar refractivity (Wildman–Crippen MR) is 94.7 cm³/mol. The number of ketones is 1. The van der Waals surface area contributed by atoms with Gasteiger partial charge in [-0.3, -0.25) is 9.69 Å². The summed E-state index contributed by atoms with van der Waals surface area (Å²) in [6.45, 7) is 9.33. The van der Waals surface area contributed by atoms with Crippen LogP contribution >= 0.6 is 0 Å². The number of aliphatic hydroxyl groups is 1. The maximum Gasteiger partial charge on any atom is 0.154 e. The first-order chi connectivity index (χ1) is 11.2. The molecule has 0 spiro atoms. The Morgan fingerprint density at radius 1 is 1.48 bits per heavy atom. The zero-order valence-corrected chi connectivity index (χ0v) is 21.1. The normalized spacial score (nSPS) is 29.2. The van der Waals surface area contributed by atoms with E-state index in [-0.39, 0.29) is 74.5 Å². The third kappa shape index (κ3) is 6.95. The maximum absolute atomic E-state index is 11.9. The number of hydrogen-bond acceptors (Lipinski definition) is 5. The smallest absolute Gasteiger partial charge is 0.154 e. The summed E-state index contributed by atoms with van der Waals surface area (Å²) < 4.78 is 10.8. The van der Waals surface area contributed by atoms with Crippen molar-refractivity contribution in [3.8, 4) is 0 Å². The van der Waals surface area contributed by atoms with Crippen molar-refractivity contribution in [2.75, 3.05) is 20.3 Å². The molecule has 0 aromatic heterocycles. The minimum Gasteiger partial charge on any atom is -0.671 e. The van der Waals surface area contributed by atoms with E-state index in [1.165, 1.54) is 0 Å². The quantitative estimate of drug-likeness (QED) is 0.342. The molecule has 0 aromatic rings. The first-order valence-electron chi connectivity index (χ1n) is 8.67. The van der Waals surface area contributed by atoms with Crippen molar-refractivity contribution in [1.82, 2.24) is 4.90 Å². The van der Waals surface area contributed by atoms with E-state index in [2.05, 4.69) is 0 Å². The van der Waals surface area contributed by atoms with Gasteiger partial charge >= 0.3 is 0 Å². The van der Waals surface area contributed by atoms with Gasteiger partial charge in [-0.25, -0.2) is 0 Å². The first kappa shape index (κ1) is 25.7. The van der Waals surface area contributed by atoms with E-state index in [4.69, 9.17) is 15.2 Å². The van der Waals surface area contributed by atoms with Crippen LogP contribution < -0.4 is 0 Å². The van der Waals surface area contributed by atoms with Crippen molar-refractivity contribution < 1.29 is 63.4 Å². The Morgan fingerprint density at radius 2 is 2.08 bits per heavy atom. The Hall–Kier alpha value is 0.652. The Kier molecular flexibility index (Phi) is 11.8. The van der Waals surface area contributed by atoms with Crippen molar-refractivity contribution in [2.24, 2.45) is 5.92 Å². The Labute approximate surface area is 188 Å². The molecule has 7 heteroatoms. The number of ether oxygens (including phenoxy) is 2. The number of likely N-dealkylation sites (tertiary alicyclic amines) is 1. The molecular formula is C18H33AcN2O4-.